The van der Waals surface area contributed by atoms with E-state index in [0.29, 0.717) is 11.1 Å². The summed E-state index contributed by atoms with van der Waals surface area (Å²) in [4.78, 5) is 23.8. The Morgan fingerprint density at radius 1 is 1.00 bits per heavy atom. The fourth-order valence-electron chi connectivity index (χ4n) is 1.31. The molecule has 0 unspecified atom stereocenters. The molecule has 0 aliphatic carbocycles. The Labute approximate surface area is 82.3 Å². The van der Waals surface area contributed by atoms with E-state index in [4.69, 9.17) is 0 Å². The van der Waals surface area contributed by atoms with Crippen molar-refractivity contribution in [2.45, 2.75) is 0 Å². The summed E-state index contributed by atoms with van der Waals surface area (Å²) in [5.41, 5.74) is 5.51. The van der Waals surface area contributed by atoms with Crippen LogP contribution in [0.25, 0.3) is 0 Å². The van der Waals surface area contributed by atoms with Crippen molar-refractivity contribution in [3.63, 3.8) is 0 Å². The van der Waals surface area contributed by atoms with Gasteiger partial charge in [0.05, 0.1) is 11.1 Å². The van der Waals surface area contributed by atoms with Crippen LogP contribution in [0.4, 0.5) is 0 Å². The van der Waals surface area contributed by atoms with E-state index in [2.05, 4.69) is 5.73 Å². The molecule has 0 spiro atoms. The molecule has 4 nitrogen and oxygen atoms in total. The highest BCUT2D eigenvalue weighted by atomic mass is 16.2. The summed E-state index contributed by atoms with van der Waals surface area (Å²) in [6.07, 6.45) is 0. The Balaban J connectivity index is 0.000000461. The Morgan fingerprint density at radius 3 is 1.71 bits per heavy atom. The van der Waals surface area contributed by atoms with Crippen molar-refractivity contribution < 1.29 is 9.59 Å². The highest BCUT2D eigenvalue weighted by Crippen LogP contribution is 2.20. The zero-order chi connectivity index (χ0) is 10.7. The average molecular weight is 192 g/mol. The predicted molar refractivity (Wildman–Crippen MR) is 53.0 cm³/mol. The monoisotopic (exact) mass is 192 g/mol. The fourth-order valence-corrected chi connectivity index (χ4v) is 1.31. The molecule has 14 heavy (non-hydrogen) atoms. The third-order valence-corrected chi connectivity index (χ3v) is 2.00. The zero-order valence-electron chi connectivity index (χ0n) is 8.15. The van der Waals surface area contributed by atoms with Gasteiger partial charge in [0.15, 0.2) is 0 Å². The van der Waals surface area contributed by atoms with Gasteiger partial charge in [-0.2, -0.15) is 0 Å². The molecular weight excluding hydrogens is 180 g/mol. The number of benzene rings is 1. The standard InChI is InChI=1S/C9H7NO2.CH5N/c1-10-8(11)6-4-2-3-5-7(6)9(10)12;1-2/h2-5H,1H3;2H2,1H3. The maximum Gasteiger partial charge on any atom is 0.261 e. The molecule has 0 radical (unpaired) electrons. The molecule has 74 valence electrons. The molecule has 2 amide bonds. The minimum absolute atomic E-state index is 0.212. The van der Waals surface area contributed by atoms with Crippen LogP contribution in [0.1, 0.15) is 20.7 Å². The maximum atomic E-state index is 11.3. The van der Waals surface area contributed by atoms with Gasteiger partial charge in [0.1, 0.15) is 0 Å². The van der Waals surface area contributed by atoms with Crippen LogP contribution >= 0.6 is 0 Å². The second-order valence-electron chi connectivity index (χ2n) is 2.71. The summed E-state index contributed by atoms with van der Waals surface area (Å²) in [5.74, 6) is -0.425. The fraction of sp³-hybridized carbons (Fsp3) is 0.200. The molecule has 0 saturated carbocycles. The Hall–Kier alpha value is -1.68. The molecule has 1 aliphatic rings. The molecule has 1 aromatic rings. The molecule has 4 heteroatoms. The number of hydrogen-bond acceptors (Lipinski definition) is 3. The van der Waals surface area contributed by atoms with Crippen LogP contribution in [0.3, 0.4) is 0 Å². The highest BCUT2D eigenvalue weighted by Gasteiger charge is 2.31. The van der Waals surface area contributed by atoms with Crippen molar-refractivity contribution in [1.82, 2.24) is 4.90 Å². The first-order valence-corrected chi connectivity index (χ1v) is 4.21. The molecule has 1 aromatic carbocycles. The lowest BCUT2D eigenvalue weighted by Gasteiger charge is -2.02. The van der Waals surface area contributed by atoms with Gasteiger partial charge in [-0.25, -0.2) is 0 Å². The lowest BCUT2D eigenvalue weighted by molar-refractivity contribution is 0.0693. The summed E-state index contributed by atoms with van der Waals surface area (Å²) in [6, 6.07) is 6.84. The van der Waals surface area contributed by atoms with Crippen molar-refractivity contribution in [1.29, 1.82) is 0 Å². The second kappa shape index (κ2) is 4.02. The summed E-state index contributed by atoms with van der Waals surface area (Å²) >= 11 is 0. The number of rotatable bonds is 0. The van der Waals surface area contributed by atoms with E-state index in [-0.39, 0.29) is 11.8 Å². The van der Waals surface area contributed by atoms with Gasteiger partial charge in [0, 0.05) is 7.05 Å². The van der Waals surface area contributed by atoms with Crippen molar-refractivity contribution >= 4 is 11.8 Å². The van der Waals surface area contributed by atoms with E-state index in [1.54, 1.807) is 24.3 Å². The van der Waals surface area contributed by atoms with E-state index in [1.807, 2.05) is 0 Å². The van der Waals surface area contributed by atoms with Crippen LogP contribution in [0.15, 0.2) is 24.3 Å². The van der Waals surface area contributed by atoms with E-state index < -0.39 is 0 Å². The van der Waals surface area contributed by atoms with Crippen LogP contribution in [0.2, 0.25) is 0 Å². The van der Waals surface area contributed by atoms with E-state index >= 15 is 0 Å². The SMILES string of the molecule is CN.CN1C(=O)c2ccccc2C1=O. The summed E-state index contributed by atoms with van der Waals surface area (Å²) < 4.78 is 0. The normalized spacial score (nSPS) is 13.5. The lowest BCUT2D eigenvalue weighted by Crippen LogP contribution is -2.24. The molecule has 0 fully saturated rings. The molecule has 0 atom stereocenters. The smallest absolute Gasteiger partial charge is 0.261 e. The summed E-state index contributed by atoms with van der Waals surface area (Å²) in [7, 11) is 2.99. The van der Waals surface area contributed by atoms with Crippen LogP contribution < -0.4 is 5.73 Å². The van der Waals surface area contributed by atoms with Gasteiger partial charge in [-0.1, -0.05) is 12.1 Å². The van der Waals surface area contributed by atoms with Gasteiger partial charge in [-0.3, -0.25) is 14.5 Å². The largest absolute Gasteiger partial charge is 0.333 e. The zero-order valence-corrected chi connectivity index (χ0v) is 8.15. The lowest BCUT2D eigenvalue weighted by atomic mass is 10.1. The third kappa shape index (κ3) is 1.40. The van der Waals surface area contributed by atoms with Crippen LogP contribution in [-0.2, 0) is 0 Å². The number of nitrogens with zero attached hydrogens (tertiary/aromatic N) is 1. The number of carbonyl (C=O) groups excluding carboxylic acids is 2. The number of amides is 2. The number of carbonyl (C=O) groups is 2. The number of imide groups is 1. The number of nitrogens with two attached hydrogens (primary N) is 1. The van der Waals surface area contributed by atoms with Crippen molar-refractivity contribution in [3.05, 3.63) is 35.4 Å². The molecule has 2 rings (SSSR count). The van der Waals surface area contributed by atoms with Gasteiger partial charge < -0.3 is 5.73 Å². The summed E-state index contributed by atoms with van der Waals surface area (Å²) in [6.45, 7) is 0. The van der Waals surface area contributed by atoms with Gasteiger partial charge in [0.2, 0.25) is 0 Å². The molecule has 0 bridgehead atoms. The molecule has 0 aromatic heterocycles. The Bertz CT molecular complexity index is 339. The molecule has 2 N–H and O–H groups in total. The van der Waals surface area contributed by atoms with Crippen molar-refractivity contribution in [2.24, 2.45) is 5.73 Å². The predicted octanol–water partition coefficient (Wildman–Crippen LogP) is 0.487. The third-order valence-electron chi connectivity index (χ3n) is 2.00. The molecular formula is C10H12N2O2. The molecule has 1 aliphatic heterocycles. The minimum Gasteiger partial charge on any atom is -0.333 e. The van der Waals surface area contributed by atoms with Crippen molar-refractivity contribution in [2.75, 3.05) is 14.1 Å². The highest BCUT2D eigenvalue weighted by molar-refractivity contribution is 6.21. The molecule has 1 heterocycles. The number of hydrogen-bond donors (Lipinski definition) is 1. The maximum absolute atomic E-state index is 11.3. The molecule has 0 saturated heterocycles. The average Bonchev–Trinajstić information content (AvgIpc) is 2.48. The second-order valence-corrected chi connectivity index (χ2v) is 2.71. The number of fused-ring (bicyclic) bond motifs is 1. The van der Waals surface area contributed by atoms with E-state index in [9.17, 15) is 9.59 Å². The van der Waals surface area contributed by atoms with Gasteiger partial charge in [-0.15, -0.1) is 0 Å². The van der Waals surface area contributed by atoms with Crippen LogP contribution in [-0.4, -0.2) is 30.8 Å². The van der Waals surface area contributed by atoms with Crippen LogP contribution in [0, 0.1) is 0 Å². The van der Waals surface area contributed by atoms with Gasteiger partial charge in [-0.05, 0) is 19.2 Å². The van der Waals surface area contributed by atoms with E-state index in [1.165, 1.54) is 14.1 Å². The Kier molecular flexibility index (Phi) is 2.99. The van der Waals surface area contributed by atoms with Gasteiger partial charge >= 0.3 is 0 Å². The van der Waals surface area contributed by atoms with Crippen molar-refractivity contribution in [3.8, 4) is 0 Å². The topological polar surface area (TPSA) is 63.4 Å². The minimum atomic E-state index is -0.212. The summed E-state index contributed by atoms with van der Waals surface area (Å²) in [5, 5.41) is 0. The van der Waals surface area contributed by atoms with Gasteiger partial charge in [0.25, 0.3) is 11.8 Å². The van der Waals surface area contributed by atoms with Crippen LogP contribution in [0.5, 0.6) is 0 Å². The first-order valence-electron chi connectivity index (χ1n) is 4.21. The quantitative estimate of drug-likeness (QED) is 0.608. The Morgan fingerprint density at radius 2 is 1.36 bits per heavy atom. The first-order chi connectivity index (χ1) is 6.72. The first kappa shape index (κ1) is 10.4. The van der Waals surface area contributed by atoms with E-state index in [0.717, 1.165) is 4.90 Å².